The molecule has 2 aromatic heterocycles. The minimum atomic E-state index is -0.341. The van der Waals surface area contributed by atoms with Gasteiger partial charge in [0, 0.05) is 11.2 Å². The largest absolute Gasteiger partial charge is 0.471 e. The van der Waals surface area contributed by atoms with Gasteiger partial charge in [0.15, 0.2) is 19.2 Å². The van der Waals surface area contributed by atoms with E-state index in [1.807, 2.05) is 39.0 Å². The Morgan fingerprint density at radius 3 is 2.39 bits per heavy atom. The van der Waals surface area contributed by atoms with Gasteiger partial charge in [0.2, 0.25) is 0 Å². The zero-order valence-corrected chi connectivity index (χ0v) is 19.3. The Morgan fingerprint density at radius 1 is 0.970 bits per heavy atom. The summed E-state index contributed by atoms with van der Waals surface area (Å²) in [5.41, 5.74) is 3.98. The van der Waals surface area contributed by atoms with Gasteiger partial charge in [0.05, 0.1) is 18.1 Å². The van der Waals surface area contributed by atoms with Crippen molar-refractivity contribution in [3.63, 3.8) is 0 Å². The lowest BCUT2D eigenvalue weighted by Gasteiger charge is -2.09. The highest BCUT2D eigenvalue weighted by atomic mass is 35.5. The molecule has 1 N–H and O–H groups in total. The SMILES string of the molecule is Cc1ccc(OCn2cc(NC(=O)c3ccn(COc4ccc(Cl)cc4C)n3)cn2)c(C)c1. The monoisotopic (exact) mass is 465 g/mol. The highest BCUT2D eigenvalue weighted by Gasteiger charge is 2.12. The Morgan fingerprint density at radius 2 is 1.67 bits per heavy atom. The maximum atomic E-state index is 12.5. The molecule has 2 heterocycles. The van der Waals surface area contributed by atoms with Crippen molar-refractivity contribution in [3.05, 3.63) is 88.5 Å². The molecule has 0 saturated carbocycles. The fourth-order valence-corrected chi connectivity index (χ4v) is 3.48. The number of nitrogens with zero attached hydrogens (tertiary/aromatic N) is 4. The van der Waals surface area contributed by atoms with Gasteiger partial charge >= 0.3 is 0 Å². The maximum absolute atomic E-state index is 12.5. The van der Waals surface area contributed by atoms with Gasteiger partial charge in [-0.3, -0.25) is 4.79 Å². The van der Waals surface area contributed by atoms with E-state index in [4.69, 9.17) is 21.1 Å². The molecule has 33 heavy (non-hydrogen) atoms. The fourth-order valence-electron chi connectivity index (χ4n) is 3.26. The number of amides is 1. The highest BCUT2D eigenvalue weighted by Crippen LogP contribution is 2.22. The Labute approximate surface area is 196 Å². The third-order valence-corrected chi connectivity index (χ3v) is 5.17. The summed E-state index contributed by atoms with van der Waals surface area (Å²) >= 11 is 5.97. The summed E-state index contributed by atoms with van der Waals surface area (Å²) in [6.07, 6.45) is 4.94. The predicted molar refractivity (Wildman–Crippen MR) is 126 cm³/mol. The number of aromatic nitrogens is 4. The maximum Gasteiger partial charge on any atom is 0.276 e. The van der Waals surface area contributed by atoms with Gasteiger partial charge in [0.25, 0.3) is 5.91 Å². The van der Waals surface area contributed by atoms with E-state index in [2.05, 4.69) is 21.6 Å². The zero-order chi connectivity index (χ0) is 23.4. The molecule has 0 unspecified atom stereocenters. The van der Waals surface area contributed by atoms with E-state index in [1.54, 1.807) is 46.2 Å². The van der Waals surface area contributed by atoms with Crippen molar-refractivity contribution in [1.29, 1.82) is 0 Å². The molecule has 0 bridgehead atoms. The van der Waals surface area contributed by atoms with Gasteiger partial charge in [0.1, 0.15) is 11.5 Å². The number of carbonyl (C=O) groups is 1. The fraction of sp³-hybridized carbons (Fsp3) is 0.208. The van der Waals surface area contributed by atoms with Crippen molar-refractivity contribution in [2.24, 2.45) is 0 Å². The number of ether oxygens (including phenoxy) is 2. The van der Waals surface area contributed by atoms with Gasteiger partial charge in [-0.1, -0.05) is 29.3 Å². The van der Waals surface area contributed by atoms with Crippen LogP contribution in [0.15, 0.2) is 61.1 Å². The van der Waals surface area contributed by atoms with Gasteiger partial charge in [-0.25, -0.2) is 9.36 Å². The molecule has 9 heteroatoms. The molecule has 4 aromatic rings. The average molecular weight is 466 g/mol. The quantitative estimate of drug-likeness (QED) is 0.396. The summed E-state index contributed by atoms with van der Waals surface area (Å²) in [5, 5.41) is 11.9. The molecule has 0 radical (unpaired) electrons. The van der Waals surface area contributed by atoms with Crippen molar-refractivity contribution in [2.75, 3.05) is 5.32 Å². The minimum Gasteiger partial charge on any atom is -0.471 e. The number of halogens is 1. The van der Waals surface area contributed by atoms with Crippen molar-refractivity contribution in [2.45, 2.75) is 34.2 Å². The lowest BCUT2D eigenvalue weighted by molar-refractivity contribution is 0.102. The van der Waals surface area contributed by atoms with Crippen LogP contribution in [0, 0.1) is 20.8 Å². The van der Waals surface area contributed by atoms with E-state index in [0.29, 0.717) is 16.5 Å². The van der Waals surface area contributed by atoms with Crippen LogP contribution in [0.5, 0.6) is 11.5 Å². The van der Waals surface area contributed by atoms with Crippen LogP contribution in [0.25, 0.3) is 0 Å². The molecular weight excluding hydrogens is 442 g/mol. The second-order valence-corrected chi connectivity index (χ2v) is 8.13. The van der Waals surface area contributed by atoms with Crippen LogP contribution in [0.4, 0.5) is 5.69 Å². The summed E-state index contributed by atoms with van der Waals surface area (Å²) in [5.74, 6) is 1.16. The van der Waals surface area contributed by atoms with Gasteiger partial charge in [-0.05, 0) is 62.2 Å². The number of benzene rings is 2. The first kappa shape index (κ1) is 22.4. The molecule has 0 fully saturated rings. The first-order chi connectivity index (χ1) is 15.9. The third-order valence-electron chi connectivity index (χ3n) is 4.94. The van der Waals surface area contributed by atoms with Crippen molar-refractivity contribution in [3.8, 4) is 11.5 Å². The molecule has 170 valence electrons. The molecule has 0 saturated heterocycles. The van der Waals surface area contributed by atoms with E-state index in [-0.39, 0.29) is 25.1 Å². The molecule has 0 aliphatic heterocycles. The van der Waals surface area contributed by atoms with Crippen LogP contribution in [-0.2, 0) is 13.5 Å². The predicted octanol–water partition coefficient (Wildman–Crippen LogP) is 4.98. The van der Waals surface area contributed by atoms with Crippen LogP contribution in [0.2, 0.25) is 5.02 Å². The van der Waals surface area contributed by atoms with Gasteiger partial charge < -0.3 is 14.8 Å². The summed E-state index contributed by atoms with van der Waals surface area (Å²) in [6, 6.07) is 13.0. The van der Waals surface area contributed by atoms with E-state index >= 15 is 0 Å². The molecular formula is C24H24ClN5O3. The van der Waals surface area contributed by atoms with Crippen LogP contribution in [0.3, 0.4) is 0 Å². The minimum absolute atomic E-state index is 0.170. The summed E-state index contributed by atoms with van der Waals surface area (Å²) in [7, 11) is 0. The number of nitrogens with one attached hydrogen (secondary N) is 1. The second kappa shape index (κ2) is 9.79. The Bertz CT molecular complexity index is 1280. The number of rotatable bonds is 8. The number of carbonyl (C=O) groups excluding carboxylic acids is 1. The standard InChI is InChI=1S/C24H24ClN5O3/c1-16-4-6-22(17(2)10-16)33-15-30-13-20(12-26-30)27-24(31)21-8-9-29(28-21)14-32-23-7-5-19(25)11-18(23)3/h4-13H,14-15H2,1-3H3,(H,27,31). The van der Waals surface area contributed by atoms with Crippen LogP contribution in [-0.4, -0.2) is 25.5 Å². The van der Waals surface area contributed by atoms with Crippen molar-refractivity contribution < 1.29 is 14.3 Å². The molecule has 0 spiro atoms. The third kappa shape index (κ3) is 5.72. The molecule has 4 rings (SSSR count). The first-order valence-corrected chi connectivity index (χ1v) is 10.7. The molecule has 8 nitrogen and oxygen atoms in total. The van der Waals surface area contributed by atoms with Crippen molar-refractivity contribution in [1.82, 2.24) is 19.6 Å². The van der Waals surface area contributed by atoms with Crippen LogP contribution < -0.4 is 14.8 Å². The van der Waals surface area contributed by atoms with Gasteiger partial charge in [-0.2, -0.15) is 10.2 Å². The molecule has 0 aliphatic rings. The molecule has 2 aromatic carbocycles. The first-order valence-electron chi connectivity index (χ1n) is 10.3. The number of aryl methyl sites for hydroxylation is 3. The Kier molecular flexibility index (Phi) is 6.65. The lowest BCUT2D eigenvalue weighted by Crippen LogP contribution is -2.14. The summed E-state index contributed by atoms with van der Waals surface area (Å²) < 4.78 is 14.7. The number of hydrogen-bond acceptors (Lipinski definition) is 5. The Hall–Kier alpha value is -3.78. The highest BCUT2D eigenvalue weighted by molar-refractivity contribution is 6.30. The molecule has 0 aliphatic carbocycles. The average Bonchev–Trinajstić information content (AvgIpc) is 3.42. The normalized spacial score (nSPS) is 10.8. The van der Waals surface area contributed by atoms with Crippen molar-refractivity contribution >= 4 is 23.2 Å². The zero-order valence-electron chi connectivity index (χ0n) is 18.6. The van der Waals surface area contributed by atoms with Crippen LogP contribution >= 0.6 is 11.6 Å². The van der Waals surface area contributed by atoms with Gasteiger partial charge in [-0.15, -0.1) is 0 Å². The van der Waals surface area contributed by atoms with E-state index in [9.17, 15) is 4.79 Å². The molecule has 0 atom stereocenters. The topological polar surface area (TPSA) is 83.2 Å². The van der Waals surface area contributed by atoms with E-state index < -0.39 is 0 Å². The van der Waals surface area contributed by atoms with E-state index in [0.717, 1.165) is 16.9 Å². The Balaban J connectivity index is 1.30. The van der Waals surface area contributed by atoms with Crippen LogP contribution in [0.1, 0.15) is 27.2 Å². The summed E-state index contributed by atoms with van der Waals surface area (Å²) in [4.78, 5) is 12.5. The second-order valence-electron chi connectivity index (χ2n) is 7.69. The van der Waals surface area contributed by atoms with E-state index in [1.165, 1.54) is 5.56 Å². The molecule has 1 amide bonds. The summed E-state index contributed by atoms with van der Waals surface area (Å²) in [6.45, 7) is 6.35. The lowest BCUT2D eigenvalue weighted by atomic mass is 10.1. The number of hydrogen-bond donors (Lipinski definition) is 1. The number of anilines is 1. The smallest absolute Gasteiger partial charge is 0.276 e.